The fourth-order valence-corrected chi connectivity index (χ4v) is 2.42. The predicted molar refractivity (Wildman–Crippen MR) is 71.3 cm³/mol. The SMILES string of the molecule is Cc1nc(N)sc1C(=O)N(C)Cc1ccccn1. The molecule has 1 amide bonds. The van der Waals surface area contributed by atoms with Crippen LogP contribution in [0.4, 0.5) is 5.13 Å². The lowest BCUT2D eigenvalue weighted by Gasteiger charge is -2.15. The Bertz CT molecular complexity index is 552. The predicted octanol–water partition coefficient (Wildman–Crippen LogP) is 1.70. The first-order chi connectivity index (χ1) is 8.58. The van der Waals surface area contributed by atoms with Gasteiger partial charge >= 0.3 is 0 Å². The average Bonchev–Trinajstić information content (AvgIpc) is 2.68. The van der Waals surface area contributed by atoms with Gasteiger partial charge in [-0.15, -0.1) is 0 Å². The Hall–Kier alpha value is -1.95. The van der Waals surface area contributed by atoms with E-state index in [1.807, 2.05) is 18.2 Å². The van der Waals surface area contributed by atoms with Crippen LogP contribution in [-0.2, 0) is 6.54 Å². The van der Waals surface area contributed by atoms with E-state index in [2.05, 4.69) is 9.97 Å². The number of hydrogen-bond acceptors (Lipinski definition) is 5. The van der Waals surface area contributed by atoms with Crippen LogP contribution in [0.2, 0.25) is 0 Å². The van der Waals surface area contributed by atoms with Gasteiger partial charge in [-0.1, -0.05) is 17.4 Å². The molecule has 6 heteroatoms. The molecular weight excluding hydrogens is 248 g/mol. The summed E-state index contributed by atoms with van der Waals surface area (Å²) in [6.45, 7) is 2.26. The number of hydrogen-bond donors (Lipinski definition) is 1. The van der Waals surface area contributed by atoms with Crippen LogP contribution < -0.4 is 5.73 Å². The molecule has 0 radical (unpaired) electrons. The zero-order valence-electron chi connectivity index (χ0n) is 10.3. The summed E-state index contributed by atoms with van der Waals surface area (Å²) >= 11 is 1.22. The second-order valence-electron chi connectivity index (χ2n) is 3.95. The molecule has 0 aromatic carbocycles. The maximum Gasteiger partial charge on any atom is 0.266 e. The molecule has 0 atom stereocenters. The third-order valence-corrected chi connectivity index (χ3v) is 3.45. The van der Waals surface area contributed by atoms with Gasteiger partial charge in [-0.05, 0) is 19.1 Å². The number of carbonyl (C=O) groups is 1. The fraction of sp³-hybridized carbons (Fsp3) is 0.250. The number of thiazole rings is 1. The van der Waals surface area contributed by atoms with E-state index in [0.29, 0.717) is 22.2 Å². The van der Waals surface area contributed by atoms with Crippen molar-refractivity contribution < 1.29 is 4.79 Å². The van der Waals surface area contributed by atoms with Gasteiger partial charge in [0.2, 0.25) is 0 Å². The van der Waals surface area contributed by atoms with Gasteiger partial charge in [0.1, 0.15) is 4.88 Å². The lowest BCUT2D eigenvalue weighted by Crippen LogP contribution is -2.26. The van der Waals surface area contributed by atoms with E-state index in [0.717, 1.165) is 5.69 Å². The molecule has 2 rings (SSSR count). The number of nitrogens with zero attached hydrogens (tertiary/aromatic N) is 3. The van der Waals surface area contributed by atoms with Gasteiger partial charge < -0.3 is 10.6 Å². The van der Waals surface area contributed by atoms with Gasteiger partial charge in [0.25, 0.3) is 5.91 Å². The van der Waals surface area contributed by atoms with E-state index < -0.39 is 0 Å². The number of anilines is 1. The largest absolute Gasteiger partial charge is 0.375 e. The van der Waals surface area contributed by atoms with Gasteiger partial charge in [0.15, 0.2) is 5.13 Å². The number of nitrogen functional groups attached to an aromatic ring is 1. The third kappa shape index (κ3) is 2.65. The van der Waals surface area contributed by atoms with Crippen LogP contribution in [0.15, 0.2) is 24.4 Å². The lowest BCUT2D eigenvalue weighted by atomic mass is 10.3. The summed E-state index contributed by atoms with van der Waals surface area (Å²) in [5, 5.41) is 0.419. The topological polar surface area (TPSA) is 72.1 Å². The quantitative estimate of drug-likeness (QED) is 0.913. The molecule has 0 aliphatic heterocycles. The van der Waals surface area contributed by atoms with Crippen LogP contribution in [-0.4, -0.2) is 27.8 Å². The molecule has 0 saturated heterocycles. The summed E-state index contributed by atoms with van der Waals surface area (Å²) in [6, 6.07) is 5.63. The molecular formula is C12H14N4OS. The molecule has 18 heavy (non-hydrogen) atoms. The first-order valence-electron chi connectivity index (χ1n) is 5.46. The number of amides is 1. The van der Waals surface area contributed by atoms with Gasteiger partial charge in [0.05, 0.1) is 17.9 Å². The lowest BCUT2D eigenvalue weighted by molar-refractivity contribution is 0.0787. The summed E-state index contributed by atoms with van der Waals surface area (Å²) in [4.78, 5) is 22.6. The van der Waals surface area contributed by atoms with Crippen LogP contribution in [0, 0.1) is 6.92 Å². The number of carbonyl (C=O) groups excluding carboxylic acids is 1. The monoisotopic (exact) mass is 262 g/mol. The highest BCUT2D eigenvalue weighted by atomic mass is 32.1. The van der Waals surface area contributed by atoms with Crippen molar-refractivity contribution in [3.8, 4) is 0 Å². The minimum absolute atomic E-state index is 0.0765. The van der Waals surface area contributed by atoms with Gasteiger partial charge in [-0.2, -0.15) is 0 Å². The second-order valence-corrected chi connectivity index (χ2v) is 4.98. The van der Waals surface area contributed by atoms with Crippen molar-refractivity contribution in [2.75, 3.05) is 12.8 Å². The third-order valence-electron chi connectivity index (χ3n) is 2.48. The molecule has 0 fully saturated rings. The summed E-state index contributed by atoms with van der Waals surface area (Å²) < 4.78 is 0. The highest BCUT2D eigenvalue weighted by molar-refractivity contribution is 7.17. The molecule has 0 bridgehead atoms. The van der Waals surface area contributed by atoms with Crippen LogP contribution in [0.25, 0.3) is 0 Å². The standard InChI is InChI=1S/C12H14N4OS/c1-8-10(18-12(13)15-8)11(17)16(2)7-9-5-3-4-6-14-9/h3-6H,7H2,1-2H3,(H2,13,15). The number of aryl methyl sites for hydroxylation is 1. The van der Waals surface area contributed by atoms with E-state index in [-0.39, 0.29) is 5.91 Å². The molecule has 2 N–H and O–H groups in total. The van der Waals surface area contributed by atoms with E-state index in [1.54, 1.807) is 25.1 Å². The summed E-state index contributed by atoms with van der Waals surface area (Å²) in [6.07, 6.45) is 1.71. The Morgan fingerprint density at radius 1 is 1.50 bits per heavy atom. The molecule has 2 aromatic rings. The highest BCUT2D eigenvalue weighted by Crippen LogP contribution is 2.21. The number of rotatable bonds is 3. The Labute approximate surface area is 109 Å². The first kappa shape index (κ1) is 12.5. The second kappa shape index (κ2) is 5.14. The van der Waals surface area contributed by atoms with E-state index >= 15 is 0 Å². The molecule has 2 aromatic heterocycles. The summed E-state index contributed by atoms with van der Waals surface area (Å²) in [7, 11) is 1.74. The average molecular weight is 262 g/mol. The van der Waals surface area contributed by atoms with Crippen molar-refractivity contribution >= 4 is 22.4 Å². The summed E-state index contributed by atoms with van der Waals surface area (Å²) in [5.41, 5.74) is 7.12. The van der Waals surface area contributed by atoms with E-state index in [4.69, 9.17) is 5.73 Å². The Balaban J connectivity index is 2.12. The van der Waals surface area contributed by atoms with Gasteiger partial charge in [-0.25, -0.2) is 4.98 Å². The highest BCUT2D eigenvalue weighted by Gasteiger charge is 2.18. The molecule has 94 valence electrons. The van der Waals surface area contributed by atoms with Crippen molar-refractivity contribution in [2.24, 2.45) is 0 Å². The minimum atomic E-state index is -0.0765. The number of aromatic nitrogens is 2. The minimum Gasteiger partial charge on any atom is -0.375 e. The van der Waals surface area contributed by atoms with Gasteiger partial charge in [-0.3, -0.25) is 9.78 Å². The first-order valence-corrected chi connectivity index (χ1v) is 6.28. The van der Waals surface area contributed by atoms with Crippen LogP contribution in [0.1, 0.15) is 21.1 Å². The van der Waals surface area contributed by atoms with Crippen LogP contribution in [0.5, 0.6) is 0 Å². The zero-order valence-corrected chi connectivity index (χ0v) is 11.1. The molecule has 0 aliphatic carbocycles. The van der Waals surface area contributed by atoms with Crippen molar-refractivity contribution in [3.63, 3.8) is 0 Å². The van der Waals surface area contributed by atoms with Gasteiger partial charge in [0, 0.05) is 13.2 Å². The molecule has 0 saturated carbocycles. The molecule has 0 aliphatic rings. The zero-order chi connectivity index (χ0) is 13.1. The number of nitrogens with two attached hydrogens (primary N) is 1. The Morgan fingerprint density at radius 3 is 2.83 bits per heavy atom. The molecule has 5 nitrogen and oxygen atoms in total. The fourth-order valence-electron chi connectivity index (χ4n) is 1.60. The maximum atomic E-state index is 12.2. The molecule has 0 spiro atoms. The Kier molecular flexibility index (Phi) is 3.57. The normalized spacial score (nSPS) is 10.3. The molecule has 0 unspecified atom stereocenters. The van der Waals surface area contributed by atoms with E-state index in [9.17, 15) is 4.79 Å². The smallest absolute Gasteiger partial charge is 0.266 e. The van der Waals surface area contributed by atoms with Crippen LogP contribution >= 0.6 is 11.3 Å². The maximum absolute atomic E-state index is 12.2. The van der Waals surface area contributed by atoms with E-state index in [1.165, 1.54) is 11.3 Å². The van der Waals surface area contributed by atoms with Crippen molar-refractivity contribution in [2.45, 2.75) is 13.5 Å². The Morgan fingerprint density at radius 2 is 2.28 bits per heavy atom. The number of pyridine rings is 1. The van der Waals surface area contributed by atoms with Crippen molar-refractivity contribution in [1.82, 2.24) is 14.9 Å². The van der Waals surface area contributed by atoms with Crippen LogP contribution in [0.3, 0.4) is 0 Å². The summed E-state index contributed by atoms with van der Waals surface area (Å²) in [5.74, 6) is -0.0765. The molecule has 2 heterocycles. The van der Waals surface area contributed by atoms with Crippen molar-refractivity contribution in [3.05, 3.63) is 40.7 Å². The van der Waals surface area contributed by atoms with Crippen molar-refractivity contribution in [1.29, 1.82) is 0 Å².